The van der Waals surface area contributed by atoms with Gasteiger partial charge in [-0.15, -0.1) is 11.3 Å². The molecule has 15 aromatic rings. The van der Waals surface area contributed by atoms with Gasteiger partial charge in [-0.2, -0.15) is 10.5 Å². The van der Waals surface area contributed by atoms with Crippen LogP contribution in [0.4, 0.5) is 51.2 Å². The van der Waals surface area contributed by atoms with Crippen LogP contribution in [0.25, 0.3) is 75.8 Å². The van der Waals surface area contributed by atoms with Crippen LogP contribution in [0.1, 0.15) is 24.8 Å². The molecule has 0 aliphatic carbocycles. The predicted octanol–water partition coefficient (Wildman–Crippen LogP) is 21.5. The molecule has 17 rings (SSSR count). The van der Waals surface area contributed by atoms with E-state index in [0.717, 1.165) is 104 Å². The summed E-state index contributed by atoms with van der Waals surface area (Å²) in [5.41, 5.74) is 15.3. The summed E-state index contributed by atoms with van der Waals surface area (Å²) in [5, 5.41) is 22.3. The lowest BCUT2D eigenvalue weighted by Crippen LogP contribution is -2.59. The standard InChI is InChI=1S/C86H54BN5OS/c88-55-57-38-42-69(43-39-57)90(67-30-15-5-16-31-67)71-46-47-75-76(53-71)92(85-72(61-26-11-3-12-27-61)35-21-36-73(85)62-28-13-4-14-29-62)78-51-66(65-49-63(59-22-7-1-8-23-59)48-64(50-65)60-24-9-2-10-25-60)52-79-83(78)87(75)84-80(93-79)54-77(82-74-34-19-20-37-81(74)94-86(82)84)91(68-32-17-6-18-33-68)70-44-40-58(56-89)41-45-70/h1-54H/i1D,2D,7D,8D,9D,10D,22D,23D,24D,25D. The van der Waals surface area contributed by atoms with Crippen LogP contribution in [-0.4, -0.2) is 6.71 Å². The second-order valence-corrected chi connectivity index (χ2v) is 24.1. The number of benzene rings is 14. The predicted molar refractivity (Wildman–Crippen MR) is 391 cm³/mol. The van der Waals surface area contributed by atoms with Crippen molar-refractivity contribution in [3.8, 4) is 79.3 Å². The van der Waals surface area contributed by atoms with Crippen molar-refractivity contribution in [1.82, 2.24) is 0 Å². The number of nitrogens with zero attached hydrogens (tertiary/aromatic N) is 5. The summed E-state index contributed by atoms with van der Waals surface area (Å²) in [7, 11) is 0. The molecule has 2 aliphatic heterocycles. The van der Waals surface area contributed by atoms with Crippen molar-refractivity contribution in [3.05, 3.63) is 338 Å². The Balaban J connectivity index is 1.04. The summed E-state index contributed by atoms with van der Waals surface area (Å²) in [6, 6.07) is 87.4. The molecule has 3 heterocycles. The summed E-state index contributed by atoms with van der Waals surface area (Å²) in [4.78, 5) is 6.70. The first-order chi connectivity index (χ1) is 50.7. The molecule has 2 aliphatic rings. The molecule has 0 saturated carbocycles. The maximum Gasteiger partial charge on any atom is 0.258 e. The van der Waals surface area contributed by atoms with Crippen molar-refractivity contribution in [2.24, 2.45) is 0 Å². The first-order valence-electron chi connectivity index (χ1n) is 35.7. The monoisotopic (exact) mass is 1230 g/mol. The van der Waals surface area contributed by atoms with Gasteiger partial charge in [0.1, 0.15) is 11.5 Å². The molecular formula is C86H54BN5OS. The molecule has 0 radical (unpaired) electrons. The number of hydrogen-bond donors (Lipinski definition) is 0. The van der Waals surface area contributed by atoms with Gasteiger partial charge >= 0.3 is 0 Å². The zero-order valence-electron chi connectivity index (χ0n) is 60.0. The molecule has 8 heteroatoms. The summed E-state index contributed by atoms with van der Waals surface area (Å²) >= 11 is 1.68. The Labute approximate surface area is 564 Å². The van der Waals surface area contributed by atoms with Crippen molar-refractivity contribution >= 4 is 106 Å². The highest BCUT2D eigenvalue weighted by Gasteiger charge is 2.46. The van der Waals surface area contributed by atoms with E-state index in [4.69, 9.17) is 13.0 Å². The van der Waals surface area contributed by atoms with Gasteiger partial charge in [0.2, 0.25) is 0 Å². The smallest absolute Gasteiger partial charge is 0.258 e. The lowest BCUT2D eigenvalue weighted by Gasteiger charge is -2.42. The van der Waals surface area contributed by atoms with Crippen molar-refractivity contribution < 1.29 is 18.4 Å². The Hall–Kier alpha value is -12.5. The van der Waals surface area contributed by atoms with Gasteiger partial charge in [0, 0.05) is 77.2 Å². The number of anilines is 9. The number of hydrogen-bond acceptors (Lipinski definition) is 7. The van der Waals surface area contributed by atoms with Crippen LogP contribution in [0.5, 0.6) is 11.5 Å². The van der Waals surface area contributed by atoms with E-state index >= 15 is 0 Å². The average molecular weight is 1230 g/mol. The lowest BCUT2D eigenvalue weighted by molar-refractivity contribution is 0.488. The third-order valence-corrected chi connectivity index (χ3v) is 18.9. The molecular weight excluding hydrogens is 1160 g/mol. The SMILES string of the molecule is [2H]c1c([2H])c([2H])c(-c2cc(-c3cc4c5c(c3)N(c3c(-c6ccccc6)cccc3-c3ccccc3)c3cc(N(c6ccccc6)c6ccc(C#N)cc6)ccc3B5c3c(cc(N(c5ccccc5)c5ccc(C#N)cc5)c5c3sc3ccccc35)O4)cc(-c3c([2H])c([2H])c([2H])c([2H])c3[2H])c2)c([2H])c1[2H]. The maximum atomic E-state index is 10.1. The molecule has 0 amide bonds. The first kappa shape index (κ1) is 45.7. The van der Waals surface area contributed by atoms with E-state index in [1.54, 1.807) is 23.5 Å². The Bertz CT molecular complexity index is 5930. The molecule has 0 spiro atoms. The van der Waals surface area contributed by atoms with Crippen LogP contribution in [-0.2, 0) is 0 Å². The fourth-order valence-electron chi connectivity index (χ4n) is 13.6. The van der Waals surface area contributed by atoms with Gasteiger partial charge in [0.25, 0.3) is 6.71 Å². The lowest BCUT2D eigenvalue weighted by atomic mass is 9.34. The van der Waals surface area contributed by atoms with Crippen molar-refractivity contribution in [3.63, 3.8) is 0 Å². The molecule has 1 aromatic heterocycles. The van der Waals surface area contributed by atoms with Crippen LogP contribution < -0.4 is 35.8 Å². The number of rotatable bonds is 12. The van der Waals surface area contributed by atoms with E-state index in [9.17, 15) is 16.0 Å². The molecule has 14 aromatic carbocycles. The summed E-state index contributed by atoms with van der Waals surface area (Å²) < 4.78 is 101. The molecule has 94 heavy (non-hydrogen) atoms. The minimum atomic E-state index is -0.593. The molecule has 0 fully saturated rings. The van der Waals surface area contributed by atoms with E-state index in [1.165, 1.54) is 6.07 Å². The third kappa shape index (κ3) is 9.65. The van der Waals surface area contributed by atoms with Crippen LogP contribution in [0.15, 0.2) is 327 Å². The quantitative estimate of drug-likeness (QED) is 0.114. The maximum absolute atomic E-state index is 10.1. The highest BCUT2D eigenvalue weighted by molar-refractivity contribution is 7.28. The Morgan fingerprint density at radius 2 is 0.872 bits per heavy atom. The second kappa shape index (κ2) is 23.4. The van der Waals surface area contributed by atoms with E-state index in [2.05, 4.69) is 148 Å². The van der Waals surface area contributed by atoms with E-state index in [-0.39, 0.29) is 22.3 Å². The van der Waals surface area contributed by atoms with Crippen LogP contribution in [0.2, 0.25) is 0 Å². The number of nitriles is 2. The van der Waals surface area contributed by atoms with Gasteiger partial charge in [-0.25, -0.2) is 0 Å². The van der Waals surface area contributed by atoms with Crippen molar-refractivity contribution in [2.75, 3.05) is 14.7 Å². The van der Waals surface area contributed by atoms with Gasteiger partial charge in [-0.05, 0) is 182 Å². The van der Waals surface area contributed by atoms with Gasteiger partial charge < -0.3 is 19.4 Å². The number of ether oxygens (including phenoxy) is 1. The Morgan fingerprint density at radius 3 is 1.45 bits per heavy atom. The highest BCUT2D eigenvalue weighted by atomic mass is 32.1. The minimum absolute atomic E-state index is 0.133. The fraction of sp³-hybridized carbons (Fsp3) is 0. The molecule has 0 unspecified atom stereocenters. The van der Waals surface area contributed by atoms with E-state index in [1.807, 2.05) is 127 Å². The van der Waals surface area contributed by atoms with Gasteiger partial charge in [0.15, 0.2) is 0 Å². The molecule has 0 atom stereocenters. The molecule has 0 saturated heterocycles. The van der Waals surface area contributed by atoms with Gasteiger partial charge in [0.05, 0.1) is 48.3 Å². The normalized spacial score (nSPS) is 13.3. The zero-order valence-corrected chi connectivity index (χ0v) is 50.8. The Kier molecular flexibility index (Phi) is 11.4. The second-order valence-electron chi connectivity index (χ2n) is 23.0. The highest BCUT2D eigenvalue weighted by Crippen LogP contribution is 2.54. The molecule has 438 valence electrons. The van der Waals surface area contributed by atoms with Crippen molar-refractivity contribution in [2.45, 2.75) is 0 Å². The van der Waals surface area contributed by atoms with E-state index < -0.39 is 67.1 Å². The van der Waals surface area contributed by atoms with E-state index in [0.29, 0.717) is 39.4 Å². The average Bonchev–Trinajstić information content (AvgIpc) is 1.10. The van der Waals surface area contributed by atoms with Crippen LogP contribution in [0.3, 0.4) is 0 Å². The van der Waals surface area contributed by atoms with Gasteiger partial charge in [-0.1, -0.05) is 200 Å². The summed E-state index contributed by atoms with van der Waals surface area (Å²) in [5.74, 6) is 0.994. The van der Waals surface area contributed by atoms with Gasteiger partial charge in [-0.3, -0.25) is 0 Å². The van der Waals surface area contributed by atoms with Crippen LogP contribution >= 0.6 is 11.3 Å². The number of fused-ring (bicyclic) bond motifs is 8. The topological polar surface area (TPSA) is 66.5 Å². The molecule has 0 bridgehead atoms. The molecule has 6 nitrogen and oxygen atoms in total. The fourth-order valence-corrected chi connectivity index (χ4v) is 14.8. The van der Waals surface area contributed by atoms with Crippen molar-refractivity contribution in [1.29, 1.82) is 10.5 Å². The first-order valence-corrected chi connectivity index (χ1v) is 31.5. The number of thiophene rings is 1. The zero-order chi connectivity index (χ0) is 71.3. The minimum Gasteiger partial charge on any atom is -0.458 e. The molecule has 0 N–H and O–H groups in total. The number of para-hydroxylation sites is 3. The third-order valence-electron chi connectivity index (χ3n) is 17.7. The Morgan fingerprint density at radius 1 is 0.394 bits per heavy atom. The summed E-state index contributed by atoms with van der Waals surface area (Å²) in [6.07, 6.45) is 0. The van der Waals surface area contributed by atoms with Crippen LogP contribution in [0, 0.1) is 22.7 Å². The largest absolute Gasteiger partial charge is 0.458 e. The summed E-state index contributed by atoms with van der Waals surface area (Å²) in [6.45, 7) is -0.592.